The quantitative estimate of drug-likeness (QED) is 0.817. The smallest absolute Gasteiger partial charge is 0.294 e. The van der Waals surface area contributed by atoms with E-state index in [2.05, 4.69) is 0 Å². The highest BCUT2D eigenvalue weighted by atomic mass is 32.2. The summed E-state index contributed by atoms with van der Waals surface area (Å²) >= 11 is 0. The number of hydrogen-bond donors (Lipinski definition) is 2. The summed E-state index contributed by atoms with van der Waals surface area (Å²) in [6, 6.07) is 8.84. The van der Waals surface area contributed by atoms with Crippen LogP contribution in [0.5, 0.6) is 11.5 Å². The van der Waals surface area contributed by atoms with Gasteiger partial charge in [0.15, 0.2) is 0 Å². The van der Waals surface area contributed by atoms with Crippen molar-refractivity contribution in [1.82, 2.24) is 0 Å². The van der Waals surface area contributed by atoms with E-state index < -0.39 is 20.2 Å². The first-order valence-electron chi connectivity index (χ1n) is 5.91. The lowest BCUT2D eigenvalue weighted by molar-refractivity contribution is 0.473. The van der Waals surface area contributed by atoms with Crippen LogP contribution < -0.4 is 4.74 Å². The Morgan fingerprint density at radius 2 is 1.32 bits per heavy atom. The lowest BCUT2D eigenvalue weighted by Crippen LogP contribution is -1.99. The molecule has 0 atom stereocenters. The molecule has 0 fully saturated rings. The Morgan fingerprint density at radius 3 is 1.77 bits per heavy atom. The summed E-state index contributed by atoms with van der Waals surface area (Å²) in [5, 5.41) is 0. The Hall–Kier alpha value is -1.94. The van der Waals surface area contributed by atoms with Crippen LogP contribution in [0.2, 0.25) is 0 Å². The van der Waals surface area contributed by atoms with Crippen molar-refractivity contribution in [2.24, 2.45) is 0 Å². The molecule has 0 spiro atoms. The number of aryl methyl sites for hydroxylation is 1. The molecule has 9 heteroatoms. The molecule has 0 unspecified atom stereocenters. The summed E-state index contributed by atoms with van der Waals surface area (Å²) in [4.78, 5) is -0.516. The molecule has 0 amide bonds. The number of hydrogen-bond acceptors (Lipinski definition) is 5. The molecule has 0 aliphatic heterocycles. The van der Waals surface area contributed by atoms with Gasteiger partial charge < -0.3 is 4.74 Å². The van der Waals surface area contributed by atoms with Gasteiger partial charge in [-0.1, -0.05) is 0 Å². The molecular weight excluding hydrogens is 332 g/mol. The highest BCUT2D eigenvalue weighted by Crippen LogP contribution is 2.27. The second-order valence-corrected chi connectivity index (χ2v) is 7.29. The van der Waals surface area contributed by atoms with Crippen molar-refractivity contribution in [2.75, 3.05) is 0 Å². The largest absolute Gasteiger partial charge is 0.457 e. The molecule has 0 aromatic heterocycles. The SMILES string of the molecule is Cc1cc(S(=O)(=O)O)ccc1Oc1ccc(S(=O)(=O)O)cc1. The normalized spacial score (nSPS) is 12.1. The van der Waals surface area contributed by atoms with Gasteiger partial charge in [0.25, 0.3) is 20.2 Å². The van der Waals surface area contributed by atoms with E-state index in [0.29, 0.717) is 17.1 Å². The first-order valence-corrected chi connectivity index (χ1v) is 8.79. The monoisotopic (exact) mass is 344 g/mol. The van der Waals surface area contributed by atoms with E-state index in [1.807, 2.05) is 0 Å². The van der Waals surface area contributed by atoms with Crippen molar-refractivity contribution in [3.8, 4) is 11.5 Å². The maximum absolute atomic E-state index is 11.0. The van der Waals surface area contributed by atoms with E-state index >= 15 is 0 Å². The molecule has 2 aromatic carbocycles. The van der Waals surface area contributed by atoms with Crippen LogP contribution in [0.15, 0.2) is 52.3 Å². The predicted molar refractivity (Wildman–Crippen MR) is 77.3 cm³/mol. The van der Waals surface area contributed by atoms with Gasteiger partial charge in [0.05, 0.1) is 9.79 Å². The lowest BCUT2D eigenvalue weighted by atomic mass is 10.2. The van der Waals surface area contributed by atoms with Crippen LogP contribution in [-0.2, 0) is 20.2 Å². The number of benzene rings is 2. The highest BCUT2D eigenvalue weighted by Gasteiger charge is 2.13. The van der Waals surface area contributed by atoms with Gasteiger partial charge in [-0.2, -0.15) is 16.8 Å². The van der Waals surface area contributed by atoms with Crippen molar-refractivity contribution in [3.63, 3.8) is 0 Å². The minimum absolute atomic E-state index is 0.251. The Bertz CT molecular complexity index is 898. The summed E-state index contributed by atoms with van der Waals surface area (Å²) in [5.41, 5.74) is 0.467. The minimum atomic E-state index is -4.29. The summed E-state index contributed by atoms with van der Waals surface area (Å²) in [6.45, 7) is 1.59. The third-order valence-electron chi connectivity index (χ3n) is 2.79. The van der Waals surface area contributed by atoms with Crippen molar-refractivity contribution < 1.29 is 30.7 Å². The predicted octanol–water partition coefficient (Wildman–Crippen LogP) is 2.28. The molecule has 7 nitrogen and oxygen atoms in total. The van der Waals surface area contributed by atoms with E-state index in [4.69, 9.17) is 13.8 Å². The summed E-state index contributed by atoms with van der Waals surface area (Å²) < 4.78 is 67.2. The molecule has 2 N–H and O–H groups in total. The van der Waals surface area contributed by atoms with Crippen LogP contribution in [0.4, 0.5) is 0 Å². The van der Waals surface area contributed by atoms with Crippen LogP contribution >= 0.6 is 0 Å². The summed E-state index contributed by atoms with van der Waals surface area (Å²) in [5.74, 6) is 0.641. The average Bonchev–Trinajstić information content (AvgIpc) is 2.39. The number of rotatable bonds is 4. The molecule has 0 aliphatic carbocycles. The van der Waals surface area contributed by atoms with Crippen molar-refractivity contribution >= 4 is 20.2 Å². The molecule has 22 heavy (non-hydrogen) atoms. The Labute approximate surface area is 127 Å². The average molecular weight is 344 g/mol. The van der Waals surface area contributed by atoms with E-state index in [1.54, 1.807) is 6.92 Å². The fourth-order valence-corrected chi connectivity index (χ4v) is 2.75. The molecule has 0 heterocycles. The van der Waals surface area contributed by atoms with Gasteiger partial charge in [-0.05, 0) is 55.0 Å². The van der Waals surface area contributed by atoms with Crippen LogP contribution in [-0.4, -0.2) is 25.9 Å². The molecule has 2 aromatic rings. The molecule has 0 bridgehead atoms. The van der Waals surface area contributed by atoms with Gasteiger partial charge in [-0.3, -0.25) is 9.11 Å². The van der Waals surface area contributed by atoms with E-state index in [-0.39, 0.29) is 9.79 Å². The van der Waals surface area contributed by atoms with Gasteiger partial charge in [-0.25, -0.2) is 0 Å². The van der Waals surface area contributed by atoms with E-state index in [9.17, 15) is 16.8 Å². The lowest BCUT2D eigenvalue weighted by Gasteiger charge is -2.10. The Morgan fingerprint density at radius 1 is 0.818 bits per heavy atom. The van der Waals surface area contributed by atoms with Crippen LogP contribution in [0.1, 0.15) is 5.56 Å². The third kappa shape index (κ3) is 3.83. The zero-order valence-corrected chi connectivity index (χ0v) is 12.9. The topological polar surface area (TPSA) is 118 Å². The van der Waals surface area contributed by atoms with Crippen molar-refractivity contribution in [3.05, 3.63) is 48.0 Å². The third-order valence-corrected chi connectivity index (χ3v) is 4.51. The second kappa shape index (κ2) is 5.69. The van der Waals surface area contributed by atoms with Gasteiger partial charge in [0.1, 0.15) is 11.5 Å². The fraction of sp³-hybridized carbons (Fsp3) is 0.0769. The van der Waals surface area contributed by atoms with Gasteiger partial charge in [-0.15, -0.1) is 0 Å². The second-order valence-electron chi connectivity index (χ2n) is 4.45. The maximum Gasteiger partial charge on any atom is 0.294 e. The minimum Gasteiger partial charge on any atom is -0.457 e. The van der Waals surface area contributed by atoms with E-state index in [0.717, 1.165) is 0 Å². The number of ether oxygens (including phenoxy) is 1. The molecule has 0 saturated heterocycles. The first kappa shape index (κ1) is 16.4. The summed E-state index contributed by atoms with van der Waals surface area (Å²) in [7, 11) is -8.56. The van der Waals surface area contributed by atoms with Crippen LogP contribution in [0.25, 0.3) is 0 Å². The fourth-order valence-electron chi connectivity index (χ4n) is 1.70. The molecule has 0 saturated carbocycles. The van der Waals surface area contributed by atoms with Gasteiger partial charge in [0, 0.05) is 0 Å². The molecule has 2 rings (SSSR count). The van der Waals surface area contributed by atoms with Crippen LogP contribution in [0.3, 0.4) is 0 Å². The standard InChI is InChI=1S/C13H12O7S2/c1-9-8-12(22(17,18)19)6-7-13(9)20-10-2-4-11(5-3-10)21(14,15)16/h2-8H,1H3,(H,14,15,16)(H,17,18,19). The van der Waals surface area contributed by atoms with Gasteiger partial charge in [0.2, 0.25) is 0 Å². The zero-order valence-electron chi connectivity index (χ0n) is 11.3. The zero-order chi connectivity index (χ0) is 16.5. The van der Waals surface area contributed by atoms with Crippen molar-refractivity contribution in [2.45, 2.75) is 16.7 Å². The van der Waals surface area contributed by atoms with E-state index in [1.165, 1.54) is 42.5 Å². The van der Waals surface area contributed by atoms with Crippen LogP contribution in [0, 0.1) is 6.92 Å². The molecule has 0 radical (unpaired) electrons. The molecule has 0 aliphatic rings. The molecule has 118 valence electrons. The first-order chi connectivity index (χ1) is 10.1. The Kier molecular flexibility index (Phi) is 4.25. The van der Waals surface area contributed by atoms with Gasteiger partial charge >= 0.3 is 0 Å². The Balaban J connectivity index is 2.28. The summed E-state index contributed by atoms with van der Waals surface area (Å²) in [6.07, 6.45) is 0. The maximum atomic E-state index is 11.0. The highest BCUT2D eigenvalue weighted by molar-refractivity contribution is 7.86. The molecular formula is C13H12O7S2. The van der Waals surface area contributed by atoms with Crippen molar-refractivity contribution in [1.29, 1.82) is 0 Å².